The van der Waals surface area contributed by atoms with Crippen molar-refractivity contribution >= 4 is 0 Å². The van der Waals surface area contributed by atoms with Crippen molar-refractivity contribution < 1.29 is 0 Å². The van der Waals surface area contributed by atoms with Gasteiger partial charge in [0.15, 0.2) is 0 Å². The van der Waals surface area contributed by atoms with Gasteiger partial charge in [0.05, 0.1) is 0 Å². The van der Waals surface area contributed by atoms with E-state index in [-0.39, 0.29) is 0 Å². The Morgan fingerprint density at radius 3 is 2.33 bits per heavy atom. The molecule has 0 saturated carbocycles. The fourth-order valence-electron chi connectivity index (χ4n) is 2.52. The monoisotopic (exact) mass is 212 g/mol. The number of nitrogens with zero attached hydrogens (tertiary/aromatic N) is 1. The number of nitrogens with one attached hydrogen (secondary N) is 1. The maximum atomic E-state index is 3.46. The second-order valence-electron chi connectivity index (χ2n) is 5.38. The third-order valence-electron chi connectivity index (χ3n) is 4.02. The maximum absolute atomic E-state index is 3.46. The number of piperidine rings is 1. The lowest BCUT2D eigenvalue weighted by molar-refractivity contribution is 0.102. The first kappa shape index (κ1) is 13.0. The summed E-state index contributed by atoms with van der Waals surface area (Å²) in [6.45, 7) is 14.3. The topological polar surface area (TPSA) is 15.3 Å². The summed E-state index contributed by atoms with van der Waals surface area (Å²) in [4.78, 5) is 2.64. The van der Waals surface area contributed by atoms with E-state index in [0.717, 1.165) is 6.04 Å². The second kappa shape index (κ2) is 5.86. The Balaban J connectivity index is 2.48. The molecule has 2 nitrogen and oxygen atoms in total. The van der Waals surface area contributed by atoms with Gasteiger partial charge in [0.1, 0.15) is 0 Å². The van der Waals surface area contributed by atoms with Crippen LogP contribution in [0.25, 0.3) is 0 Å². The van der Waals surface area contributed by atoms with Gasteiger partial charge in [-0.15, -0.1) is 0 Å². The van der Waals surface area contributed by atoms with Crippen LogP contribution in [0.4, 0.5) is 0 Å². The highest BCUT2D eigenvalue weighted by Gasteiger charge is 2.29. The molecule has 1 saturated heterocycles. The van der Waals surface area contributed by atoms with Crippen molar-refractivity contribution in [2.75, 3.05) is 26.2 Å². The standard InChI is InChI=1S/C13H28N2/c1-5-12(3)15(6-2)11-13(4)7-9-14-10-8-13/h12,14H,5-11H2,1-4H3. The van der Waals surface area contributed by atoms with Crippen molar-refractivity contribution in [3.63, 3.8) is 0 Å². The van der Waals surface area contributed by atoms with Gasteiger partial charge in [-0.25, -0.2) is 0 Å². The van der Waals surface area contributed by atoms with Crippen molar-refractivity contribution in [1.29, 1.82) is 0 Å². The molecular formula is C13H28N2. The summed E-state index contributed by atoms with van der Waals surface area (Å²) in [6, 6.07) is 0.738. The molecule has 90 valence electrons. The van der Waals surface area contributed by atoms with Crippen LogP contribution in [0.5, 0.6) is 0 Å². The van der Waals surface area contributed by atoms with Gasteiger partial charge in [-0.1, -0.05) is 20.8 Å². The summed E-state index contributed by atoms with van der Waals surface area (Å²) in [6.07, 6.45) is 3.93. The van der Waals surface area contributed by atoms with E-state index < -0.39 is 0 Å². The average Bonchev–Trinajstić information content (AvgIpc) is 2.26. The van der Waals surface area contributed by atoms with E-state index in [0.29, 0.717) is 5.41 Å². The summed E-state index contributed by atoms with van der Waals surface area (Å²) in [5, 5.41) is 3.46. The molecule has 0 spiro atoms. The fraction of sp³-hybridized carbons (Fsp3) is 1.00. The highest BCUT2D eigenvalue weighted by molar-refractivity contribution is 4.84. The van der Waals surface area contributed by atoms with Crippen LogP contribution in [-0.2, 0) is 0 Å². The number of hydrogen-bond acceptors (Lipinski definition) is 2. The van der Waals surface area contributed by atoms with E-state index in [1.165, 1.54) is 45.4 Å². The molecule has 0 amide bonds. The molecule has 1 N–H and O–H groups in total. The van der Waals surface area contributed by atoms with Crippen molar-refractivity contribution in [2.45, 2.75) is 53.0 Å². The van der Waals surface area contributed by atoms with Crippen LogP contribution in [0.2, 0.25) is 0 Å². The minimum Gasteiger partial charge on any atom is -0.317 e. The van der Waals surface area contributed by atoms with Gasteiger partial charge >= 0.3 is 0 Å². The SMILES string of the molecule is CCC(C)N(CC)CC1(C)CCNCC1. The molecule has 1 heterocycles. The zero-order valence-electron chi connectivity index (χ0n) is 11.0. The molecule has 1 fully saturated rings. The lowest BCUT2D eigenvalue weighted by atomic mass is 9.80. The summed E-state index contributed by atoms with van der Waals surface area (Å²) in [5.74, 6) is 0. The minimum atomic E-state index is 0.546. The predicted molar refractivity (Wildman–Crippen MR) is 67.2 cm³/mol. The molecule has 1 aliphatic rings. The summed E-state index contributed by atoms with van der Waals surface area (Å²) < 4.78 is 0. The highest BCUT2D eigenvalue weighted by Crippen LogP contribution is 2.29. The maximum Gasteiger partial charge on any atom is 0.00644 e. The van der Waals surface area contributed by atoms with E-state index in [1.54, 1.807) is 0 Å². The summed E-state index contributed by atoms with van der Waals surface area (Å²) in [5.41, 5.74) is 0.546. The van der Waals surface area contributed by atoms with E-state index in [2.05, 4.69) is 37.9 Å². The third kappa shape index (κ3) is 3.76. The molecule has 0 aliphatic carbocycles. The number of hydrogen-bond donors (Lipinski definition) is 1. The first-order valence-corrected chi connectivity index (χ1v) is 6.56. The molecule has 15 heavy (non-hydrogen) atoms. The molecule has 0 aromatic rings. The van der Waals surface area contributed by atoms with Gasteiger partial charge in [-0.3, -0.25) is 0 Å². The van der Waals surface area contributed by atoms with Crippen LogP contribution in [0.1, 0.15) is 47.0 Å². The molecule has 0 bridgehead atoms. The fourth-order valence-corrected chi connectivity index (χ4v) is 2.52. The van der Waals surface area contributed by atoms with Crippen molar-refractivity contribution in [3.05, 3.63) is 0 Å². The first-order chi connectivity index (χ1) is 7.11. The number of rotatable bonds is 5. The van der Waals surface area contributed by atoms with Crippen LogP contribution < -0.4 is 5.32 Å². The summed E-state index contributed by atoms with van der Waals surface area (Å²) in [7, 11) is 0. The first-order valence-electron chi connectivity index (χ1n) is 6.56. The molecule has 1 atom stereocenters. The Morgan fingerprint density at radius 2 is 1.87 bits per heavy atom. The smallest absolute Gasteiger partial charge is 0.00644 e. The third-order valence-corrected chi connectivity index (χ3v) is 4.02. The highest BCUT2D eigenvalue weighted by atomic mass is 15.2. The van der Waals surface area contributed by atoms with Crippen molar-refractivity contribution in [2.24, 2.45) is 5.41 Å². The second-order valence-corrected chi connectivity index (χ2v) is 5.38. The van der Waals surface area contributed by atoms with Gasteiger partial charge in [0, 0.05) is 12.6 Å². The normalized spacial score (nSPS) is 23.0. The van der Waals surface area contributed by atoms with E-state index >= 15 is 0 Å². The van der Waals surface area contributed by atoms with Crippen LogP contribution in [-0.4, -0.2) is 37.1 Å². The lowest BCUT2D eigenvalue weighted by Gasteiger charge is -2.40. The van der Waals surface area contributed by atoms with E-state index in [1.807, 2.05) is 0 Å². The van der Waals surface area contributed by atoms with Gasteiger partial charge in [0.2, 0.25) is 0 Å². The largest absolute Gasteiger partial charge is 0.317 e. The Labute approximate surface area is 95.4 Å². The Hall–Kier alpha value is -0.0800. The van der Waals surface area contributed by atoms with Gasteiger partial charge < -0.3 is 10.2 Å². The quantitative estimate of drug-likeness (QED) is 0.753. The lowest BCUT2D eigenvalue weighted by Crippen LogP contribution is -2.45. The van der Waals surface area contributed by atoms with Gasteiger partial charge in [-0.2, -0.15) is 0 Å². The van der Waals surface area contributed by atoms with Crippen LogP contribution in [0.3, 0.4) is 0 Å². The Kier molecular flexibility index (Phi) is 5.07. The molecule has 2 heteroatoms. The molecule has 0 aromatic carbocycles. The van der Waals surface area contributed by atoms with Crippen LogP contribution >= 0.6 is 0 Å². The Bertz CT molecular complexity index is 173. The molecular weight excluding hydrogens is 184 g/mol. The molecule has 0 radical (unpaired) electrons. The summed E-state index contributed by atoms with van der Waals surface area (Å²) >= 11 is 0. The molecule has 1 unspecified atom stereocenters. The average molecular weight is 212 g/mol. The molecule has 1 aliphatic heterocycles. The zero-order valence-corrected chi connectivity index (χ0v) is 11.0. The van der Waals surface area contributed by atoms with Crippen LogP contribution in [0, 0.1) is 5.41 Å². The van der Waals surface area contributed by atoms with E-state index in [4.69, 9.17) is 0 Å². The van der Waals surface area contributed by atoms with Gasteiger partial charge in [-0.05, 0) is 51.2 Å². The van der Waals surface area contributed by atoms with Crippen molar-refractivity contribution in [3.8, 4) is 0 Å². The van der Waals surface area contributed by atoms with Crippen LogP contribution in [0.15, 0.2) is 0 Å². The molecule has 1 rings (SSSR count). The predicted octanol–water partition coefficient (Wildman–Crippen LogP) is 2.50. The minimum absolute atomic E-state index is 0.546. The van der Waals surface area contributed by atoms with E-state index in [9.17, 15) is 0 Å². The van der Waals surface area contributed by atoms with Gasteiger partial charge in [0.25, 0.3) is 0 Å². The molecule has 0 aromatic heterocycles. The zero-order chi connectivity index (χ0) is 11.3. The Morgan fingerprint density at radius 1 is 1.27 bits per heavy atom. The van der Waals surface area contributed by atoms with Crippen molar-refractivity contribution in [1.82, 2.24) is 10.2 Å².